The van der Waals surface area contributed by atoms with Crippen molar-refractivity contribution in [3.63, 3.8) is 0 Å². The van der Waals surface area contributed by atoms with Gasteiger partial charge in [-0.2, -0.15) is 0 Å². The zero-order chi connectivity index (χ0) is 15.1. The molecule has 1 N–H and O–H groups in total. The molecule has 0 bridgehead atoms. The van der Waals surface area contributed by atoms with E-state index in [1.807, 2.05) is 12.1 Å². The largest absolute Gasteiger partial charge is 0.487 e. The van der Waals surface area contributed by atoms with Gasteiger partial charge in [-0.15, -0.1) is 0 Å². The van der Waals surface area contributed by atoms with Crippen molar-refractivity contribution in [2.45, 2.75) is 70.9 Å². The summed E-state index contributed by atoms with van der Waals surface area (Å²) in [4.78, 5) is 0. The first-order chi connectivity index (χ1) is 10.2. The van der Waals surface area contributed by atoms with Crippen molar-refractivity contribution in [3.05, 3.63) is 28.8 Å². The van der Waals surface area contributed by atoms with Crippen LogP contribution >= 0.6 is 11.6 Å². The van der Waals surface area contributed by atoms with Crippen molar-refractivity contribution < 1.29 is 4.74 Å². The maximum Gasteiger partial charge on any atom is 0.138 e. The van der Waals surface area contributed by atoms with Gasteiger partial charge in [0.25, 0.3) is 0 Å². The van der Waals surface area contributed by atoms with Crippen LogP contribution in [0.2, 0.25) is 5.02 Å². The second kappa shape index (κ2) is 8.65. The van der Waals surface area contributed by atoms with Crippen LogP contribution in [0.1, 0.15) is 57.4 Å². The predicted octanol–water partition coefficient (Wildman–Crippen LogP) is 5.12. The van der Waals surface area contributed by atoms with Crippen LogP contribution in [-0.4, -0.2) is 18.7 Å². The highest BCUT2D eigenvalue weighted by Crippen LogP contribution is 2.29. The summed E-state index contributed by atoms with van der Waals surface area (Å²) in [7, 11) is 0. The molecule has 0 aromatic heterocycles. The minimum atomic E-state index is 0.233. The van der Waals surface area contributed by atoms with Crippen LogP contribution < -0.4 is 10.1 Å². The zero-order valence-electron chi connectivity index (χ0n) is 13.3. The number of nitrogens with one attached hydrogen (secondary N) is 1. The molecule has 0 heterocycles. The summed E-state index contributed by atoms with van der Waals surface area (Å²) >= 11 is 6.33. The third-order valence-corrected chi connectivity index (χ3v) is 4.52. The van der Waals surface area contributed by atoms with Crippen molar-refractivity contribution >= 4 is 11.6 Å². The van der Waals surface area contributed by atoms with E-state index >= 15 is 0 Å². The number of rotatable bonds is 5. The molecule has 0 amide bonds. The Labute approximate surface area is 134 Å². The van der Waals surface area contributed by atoms with E-state index in [-0.39, 0.29) is 6.10 Å². The molecule has 2 rings (SSSR count). The van der Waals surface area contributed by atoms with Crippen LogP contribution in [0.4, 0.5) is 0 Å². The first-order valence-electron chi connectivity index (χ1n) is 8.37. The third kappa shape index (κ3) is 5.19. The Balaban J connectivity index is 2.07. The van der Waals surface area contributed by atoms with E-state index in [9.17, 15) is 0 Å². The highest BCUT2D eigenvalue weighted by Gasteiger charge is 2.24. The van der Waals surface area contributed by atoms with Crippen LogP contribution in [0.3, 0.4) is 0 Å². The second-order valence-corrected chi connectivity index (χ2v) is 6.55. The molecule has 1 aromatic carbocycles. The van der Waals surface area contributed by atoms with Gasteiger partial charge in [0, 0.05) is 6.04 Å². The van der Waals surface area contributed by atoms with Crippen LogP contribution in [0.25, 0.3) is 0 Å². The first kappa shape index (κ1) is 16.6. The number of halogens is 1. The number of hydrogen-bond donors (Lipinski definition) is 1. The average molecular weight is 310 g/mol. The molecular weight excluding hydrogens is 282 g/mol. The Kier molecular flexibility index (Phi) is 6.85. The Hall–Kier alpha value is -0.730. The van der Waals surface area contributed by atoms with Gasteiger partial charge in [0.15, 0.2) is 0 Å². The Morgan fingerprint density at radius 2 is 1.95 bits per heavy atom. The fourth-order valence-electron chi connectivity index (χ4n) is 3.02. The SMILES string of the molecule is CCCNC1CCCCCCC1Oc1ccc(C)cc1Cl. The quantitative estimate of drug-likeness (QED) is 0.815. The summed E-state index contributed by atoms with van der Waals surface area (Å²) in [6.07, 6.45) is 8.93. The standard InChI is InChI=1S/C18H28ClNO/c1-3-12-20-16-8-6-4-5-7-9-18(16)21-17-11-10-14(2)13-15(17)19/h10-11,13,16,18,20H,3-9,12H2,1-2H3. The lowest BCUT2D eigenvalue weighted by atomic mass is 9.94. The van der Waals surface area contributed by atoms with Crippen LogP contribution in [-0.2, 0) is 0 Å². The van der Waals surface area contributed by atoms with Crippen molar-refractivity contribution in [1.29, 1.82) is 0 Å². The first-order valence-corrected chi connectivity index (χ1v) is 8.74. The topological polar surface area (TPSA) is 21.3 Å². The van der Waals surface area contributed by atoms with Crippen molar-refractivity contribution in [3.8, 4) is 5.75 Å². The van der Waals surface area contributed by atoms with Crippen LogP contribution in [0.5, 0.6) is 5.75 Å². The van der Waals surface area contributed by atoms with Crippen LogP contribution in [0, 0.1) is 6.92 Å². The third-order valence-electron chi connectivity index (χ3n) is 4.22. The van der Waals surface area contributed by atoms with E-state index in [2.05, 4.69) is 25.2 Å². The second-order valence-electron chi connectivity index (χ2n) is 6.14. The van der Waals surface area contributed by atoms with Gasteiger partial charge >= 0.3 is 0 Å². The normalized spacial score (nSPS) is 23.4. The fourth-order valence-corrected chi connectivity index (χ4v) is 3.30. The molecule has 0 saturated heterocycles. The molecule has 0 aliphatic heterocycles. The average Bonchev–Trinajstić information content (AvgIpc) is 2.44. The maximum atomic E-state index is 6.33. The Morgan fingerprint density at radius 1 is 1.19 bits per heavy atom. The minimum absolute atomic E-state index is 0.233. The summed E-state index contributed by atoms with van der Waals surface area (Å²) < 4.78 is 6.29. The lowest BCUT2D eigenvalue weighted by molar-refractivity contribution is 0.127. The minimum Gasteiger partial charge on any atom is -0.487 e. The number of hydrogen-bond acceptors (Lipinski definition) is 2. The van der Waals surface area contributed by atoms with Gasteiger partial charge in [-0.05, 0) is 56.8 Å². The van der Waals surface area contributed by atoms with Crippen molar-refractivity contribution in [1.82, 2.24) is 5.32 Å². The molecule has 1 aromatic rings. The van der Waals surface area contributed by atoms with E-state index in [4.69, 9.17) is 16.3 Å². The molecule has 1 saturated carbocycles. The fraction of sp³-hybridized carbons (Fsp3) is 0.667. The van der Waals surface area contributed by atoms with Gasteiger partial charge in [0.1, 0.15) is 11.9 Å². The summed E-state index contributed by atoms with van der Waals surface area (Å²) in [5.74, 6) is 0.830. The number of benzene rings is 1. The molecule has 2 atom stereocenters. The van der Waals surface area contributed by atoms with Gasteiger partial charge in [-0.25, -0.2) is 0 Å². The molecule has 1 aliphatic rings. The number of ether oxygens (including phenoxy) is 1. The summed E-state index contributed by atoms with van der Waals surface area (Å²) in [6, 6.07) is 6.50. The van der Waals surface area contributed by atoms with E-state index < -0.39 is 0 Å². The molecule has 3 heteroatoms. The summed E-state index contributed by atoms with van der Waals surface area (Å²) in [6.45, 7) is 5.33. The molecular formula is C18H28ClNO. The molecule has 1 fully saturated rings. The molecule has 2 nitrogen and oxygen atoms in total. The number of aryl methyl sites for hydroxylation is 1. The van der Waals surface area contributed by atoms with Gasteiger partial charge in [-0.3, -0.25) is 0 Å². The van der Waals surface area contributed by atoms with Gasteiger partial charge in [0.2, 0.25) is 0 Å². The Morgan fingerprint density at radius 3 is 2.67 bits per heavy atom. The van der Waals surface area contributed by atoms with Gasteiger partial charge in [-0.1, -0.05) is 43.9 Å². The summed E-state index contributed by atoms with van der Waals surface area (Å²) in [5.41, 5.74) is 1.17. The smallest absolute Gasteiger partial charge is 0.138 e. The highest BCUT2D eigenvalue weighted by atomic mass is 35.5. The summed E-state index contributed by atoms with van der Waals surface area (Å²) in [5, 5.41) is 4.40. The molecule has 21 heavy (non-hydrogen) atoms. The van der Waals surface area contributed by atoms with Gasteiger partial charge < -0.3 is 10.1 Å². The van der Waals surface area contributed by atoms with Crippen LogP contribution in [0.15, 0.2) is 18.2 Å². The molecule has 2 unspecified atom stereocenters. The lowest BCUT2D eigenvalue weighted by Gasteiger charge is -2.31. The van der Waals surface area contributed by atoms with E-state index in [1.54, 1.807) is 0 Å². The lowest BCUT2D eigenvalue weighted by Crippen LogP contribution is -2.44. The molecule has 1 aliphatic carbocycles. The highest BCUT2D eigenvalue weighted by molar-refractivity contribution is 6.32. The molecule has 0 radical (unpaired) electrons. The zero-order valence-corrected chi connectivity index (χ0v) is 14.1. The molecule has 118 valence electrons. The van der Waals surface area contributed by atoms with E-state index in [0.29, 0.717) is 6.04 Å². The van der Waals surface area contributed by atoms with E-state index in [0.717, 1.165) is 30.2 Å². The van der Waals surface area contributed by atoms with Crippen molar-refractivity contribution in [2.75, 3.05) is 6.54 Å². The molecule has 0 spiro atoms. The Bertz CT molecular complexity index is 433. The van der Waals surface area contributed by atoms with Gasteiger partial charge in [0.05, 0.1) is 5.02 Å². The maximum absolute atomic E-state index is 6.33. The predicted molar refractivity (Wildman–Crippen MR) is 90.4 cm³/mol. The van der Waals surface area contributed by atoms with E-state index in [1.165, 1.54) is 37.7 Å². The van der Waals surface area contributed by atoms with Crippen molar-refractivity contribution in [2.24, 2.45) is 0 Å². The monoisotopic (exact) mass is 309 g/mol.